The Kier molecular flexibility index (Phi) is 5.74. The Labute approximate surface area is 181 Å². The van der Waals surface area contributed by atoms with E-state index in [9.17, 15) is 4.79 Å². The molecule has 0 fully saturated rings. The standard InChI is InChI=1S/C24H29ClN4O/c1-15(2)9-12-22(23-26-18-11-10-17(14-25)13-19(18)27-23)29-21-8-6-5-7-20(21)28(16(3)4)24(29)30/h5-8,10-11,13,15-16,22H,9,12,14H2,1-4H3,(H,26,27). The van der Waals surface area contributed by atoms with Crippen LogP contribution in [0.2, 0.25) is 0 Å². The molecular formula is C24H29ClN4O. The fourth-order valence-electron chi connectivity index (χ4n) is 4.19. The summed E-state index contributed by atoms with van der Waals surface area (Å²) in [5.41, 5.74) is 4.83. The normalized spacial score (nSPS) is 13.2. The molecule has 1 atom stereocenters. The summed E-state index contributed by atoms with van der Waals surface area (Å²) in [5, 5.41) is 0. The predicted octanol–water partition coefficient (Wildman–Crippen LogP) is 6.02. The van der Waals surface area contributed by atoms with Crippen LogP contribution in [0.3, 0.4) is 0 Å². The van der Waals surface area contributed by atoms with Gasteiger partial charge in [0, 0.05) is 11.9 Å². The molecule has 5 nitrogen and oxygen atoms in total. The smallest absolute Gasteiger partial charge is 0.330 e. The van der Waals surface area contributed by atoms with Crippen LogP contribution < -0.4 is 5.69 Å². The van der Waals surface area contributed by atoms with Crippen LogP contribution in [0.5, 0.6) is 0 Å². The molecule has 4 aromatic rings. The Hall–Kier alpha value is -2.53. The number of aromatic amines is 1. The van der Waals surface area contributed by atoms with Gasteiger partial charge in [-0.05, 0) is 62.4 Å². The van der Waals surface area contributed by atoms with Gasteiger partial charge < -0.3 is 4.98 Å². The molecule has 0 saturated carbocycles. The number of hydrogen-bond donors (Lipinski definition) is 1. The number of fused-ring (bicyclic) bond motifs is 2. The number of nitrogens with one attached hydrogen (secondary N) is 1. The van der Waals surface area contributed by atoms with Crippen molar-refractivity contribution in [3.8, 4) is 0 Å². The number of imidazole rings is 2. The molecule has 2 aromatic carbocycles. The van der Waals surface area contributed by atoms with E-state index in [1.807, 2.05) is 51.6 Å². The molecule has 0 aliphatic heterocycles. The third-order valence-corrected chi connectivity index (χ3v) is 6.00. The van der Waals surface area contributed by atoms with Crippen LogP contribution in [0.15, 0.2) is 47.3 Å². The highest BCUT2D eigenvalue weighted by molar-refractivity contribution is 6.17. The van der Waals surface area contributed by atoms with Crippen LogP contribution in [0.4, 0.5) is 0 Å². The van der Waals surface area contributed by atoms with Crippen LogP contribution in [-0.2, 0) is 5.88 Å². The molecule has 1 unspecified atom stereocenters. The summed E-state index contributed by atoms with van der Waals surface area (Å²) in [7, 11) is 0. The minimum atomic E-state index is -0.156. The lowest BCUT2D eigenvalue weighted by atomic mass is 10.0. The van der Waals surface area contributed by atoms with Crippen LogP contribution in [-0.4, -0.2) is 19.1 Å². The molecular weight excluding hydrogens is 396 g/mol. The van der Waals surface area contributed by atoms with E-state index in [1.54, 1.807) is 0 Å². The second kappa shape index (κ2) is 8.31. The lowest BCUT2D eigenvalue weighted by molar-refractivity contribution is 0.438. The van der Waals surface area contributed by atoms with Crippen molar-refractivity contribution in [2.45, 2.75) is 58.5 Å². The van der Waals surface area contributed by atoms with Crippen molar-refractivity contribution in [2.75, 3.05) is 0 Å². The molecule has 0 radical (unpaired) electrons. The Bertz CT molecular complexity index is 1230. The van der Waals surface area contributed by atoms with Gasteiger partial charge >= 0.3 is 5.69 Å². The monoisotopic (exact) mass is 424 g/mol. The van der Waals surface area contributed by atoms with Crippen LogP contribution in [0.1, 0.15) is 64.0 Å². The number of rotatable bonds is 7. The van der Waals surface area contributed by atoms with Crippen molar-refractivity contribution in [3.05, 3.63) is 64.3 Å². The summed E-state index contributed by atoms with van der Waals surface area (Å²) in [6.07, 6.45) is 1.84. The van der Waals surface area contributed by atoms with Gasteiger partial charge in [-0.2, -0.15) is 0 Å². The quantitative estimate of drug-likeness (QED) is 0.368. The number of aromatic nitrogens is 4. The summed E-state index contributed by atoms with van der Waals surface area (Å²) in [6, 6.07) is 14.0. The van der Waals surface area contributed by atoms with E-state index in [1.165, 1.54) is 0 Å². The number of H-pyrrole nitrogens is 1. The molecule has 0 saturated heterocycles. The first-order chi connectivity index (χ1) is 14.4. The maximum Gasteiger partial charge on any atom is 0.330 e. The Morgan fingerprint density at radius 2 is 1.70 bits per heavy atom. The van der Waals surface area contributed by atoms with Crippen molar-refractivity contribution in [1.82, 2.24) is 19.1 Å². The van der Waals surface area contributed by atoms with Crippen molar-refractivity contribution in [3.63, 3.8) is 0 Å². The van der Waals surface area contributed by atoms with Gasteiger partial charge in [0.2, 0.25) is 0 Å². The molecule has 0 aliphatic rings. The minimum Gasteiger partial charge on any atom is -0.340 e. The third kappa shape index (κ3) is 3.67. The van der Waals surface area contributed by atoms with E-state index in [0.717, 1.165) is 46.3 Å². The van der Waals surface area contributed by atoms with Crippen LogP contribution in [0.25, 0.3) is 22.1 Å². The number of benzene rings is 2. The van der Waals surface area contributed by atoms with Crippen LogP contribution >= 0.6 is 11.6 Å². The van der Waals surface area contributed by atoms with Gasteiger partial charge in [0.1, 0.15) is 5.82 Å². The van der Waals surface area contributed by atoms with Crippen molar-refractivity contribution < 1.29 is 0 Å². The number of alkyl halides is 1. The Morgan fingerprint density at radius 3 is 2.33 bits per heavy atom. The summed E-state index contributed by atoms with van der Waals surface area (Å²) < 4.78 is 3.81. The SMILES string of the molecule is CC(C)CCC(c1nc2ccc(CCl)cc2[nH]1)n1c(=O)n(C(C)C)c2ccccc21. The van der Waals surface area contributed by atoms with E-state index < -0.39 is 0 Å². The predicted molar refractivity (Wildman–Crippen MR) is 124 cm³/mol. The summed E-state index contributed by atoms with van der Waals surface area (Å²) in [6.45, 7) is 8.53. The average Bonchev–Trinajstić information content (AvgIpc) is 3.26. The molecule has 158 valence electrons. The summed E-state index contributed by atoms with van der Waals surface area (Å²) in [4.78, 5) is 21.9. The van der Waals surface area contributed by atoms with Crippen molar-refractivity contribution in [1.29, 1.82) is 0 Å². The first-order valence-corrected chi connectivity index (χ1v) is 11.2. The fraction of sp³-hybridized carbons (Fsp3) is 0.417. The highest BCUT2D eigenvalue weighted by Crippen LogP contribution is 2.29. The highest BCUT2D eigenvalue weighted by Gasteiger charge is 2.25. The van der Waals surface area contributed by atoms with Gasteiger partial charge in [0.25, 0.3) is 0 Å². The number of hydrogen-bond acceptors (Lipinski definition) is 2. The molecule has 0 spiro atoms. The zero-order valence-electron chi connectivity index (χ0n) is 18.0. The molecule has 0 aliphatic carbocycles. The molecule has 4 rings (SSSR count). The van der Waals surface area contributed by atoms with E-state index in [4.69, 9.17) is 16.6 Å². The largest absolute Gasteiger partial charge is 0.340 e. The van der Waals surface area contributed by atoms with Crippen molar-refractivity contribution in [2.24, 2.45) is 5.92 Å². The number of nitrogens with zero attached hydrogens (tertiary/aromatic N) is 3. The number of halogens is 1. The third-order valence-electron chi connectivity index (χ3n) is 5.69. The maximum absolute atomic E-state index is 13.6. The highest BCUT2D eigenvalue weighted by atomic mass is 35.5. The molecule has 2 aromatic heterocycles. The molecule has 0 amide bonds. The summed E-state index contributed by atoms with van der Waals surface area (Å²) >= 11 is 6.01. The van der Waals surface area contributed by atoms with E-state index in [-0.39, 0.29) is 17.8 Å². The lowest BCUT2D eigenvalue weighted by Crippen LogP contribution is -2.29. The van der Waals surface area contributed by atoms with E-state index in [2.05, 4.69) is 32.7 Å². The molecule has 2 heterocycles. The topological polar surface area (TPSA) is 55.6 Å². The molecule has 1 N–H and O–H groups in total. The second-order valence-corrected chi connectivity index (χ2v) is 8.97. The zero-order chi connectivity index (χ0) is 21.4. The molecule has 0 bridgehead atoms. The van der Waals surface area contributed by atoms with Gasteiger partial charge in [-0.25, -0.2) is 9.78 Å². The lowest BCUT2D eigenvalue weighted by Gasteiger charge is -2.18. The van der Waals surface area contributed by atoms with Gasteiger partial charge in [0.15, 0.2) is 0 Å². The molecule has 30 heavy (non-hydrogen) atoms. The van der Waals surface area contributed by atoms with Gasteiger partial charge in [0.05, 0.1) is 28.1 Å². The van der Waals surface area contributed by atoms with E-state index in [0.29, 0.717) is 11.8 Å². The first-order valence-electron chi connectivity index (χ1n) is 10.7. The average molecular weight is 425 g/mol. The Balaban J connectivity index is 1.93. The minimum absolute atomic E-state index is 0.0156. The molecule has 6 heteroatoms. The van der Waals surface area contributed by atoms with E-state index >= 15 is 0 Å². The fourth-order valence-corrected chi connectivity index (χ4v) is 4.36. The second-order valence-electron chi connectivity index (χ2n) is 8.70. The van der Waals surface area contributed by atoms with Gasteiger partial charge in [-0.3, -0.25) is 9.13 Å². The summed E-state index contributed by atoms with van der Waals surface area (Å²) in [5.74, 6) is 1.82. The zero-order valence-corrected chi connectivity index (χ0v) is 18.8. The Morgan fingerprint density at radius 1 is 1.00 bits per heavy atom. The van der Waals surface area contributed by atoms with Crippen LogP contribution in [0, 0.1) is 5.92 Å². The van der Waals surface area contributed by atoms with Gasteiger partial charge in [-0.1, -0.05) is 32.0 Å². The number of para-hydroxylation sites is 2. The first kappa shape index (κ1) is 20.7. The van der Waals surface area contributed by atoms with Gasteiger partial charge in [-0.15, -0.1) is 11.6 Å². The maximum atomic E-state index is 13.6. The van der Waals surface area contributed by atoms with Crippen molar-refractivity contribution >= 4 is 33.7 Å².